The predicted molar refractivity (Wildman–Crippen MR) is 94.1 cm³/mol. The number of hydrogen-bond acceptors (Lipinski definition) is 8. The molecule has 1 N–H and O–H groups in total. The van der Waals surface area contributed by atoms with Gasteiger partial charge in [0, 0.05) is 20.2 Å². The van der Waals surface area contributed by atoms with Gasteiger partial charge < -0.3 is 14.5 Å². The van der Waals surface area contributed by atoms with E-state index in [-0.39, 0.29) is 35.1 Å². The average molecular weight is 425 g/mol. The fourth-order valence-electron chi connectivity index (χ4n) is 2.23. The minimum Gasteiger partial charge on any atom is -0.475 e. The molecule has 0 fully saturated rings. The van der Waals surface area contributed by atoms with Crippen LogP contribution in [0.5, 0.6) is 5.88 Å². The first-order valence-electron chi connectivity index (χ1n) is 7.31. The highest BCUT2D eigenvalue weighted by molar-refractivity contribution is 9.10. The van der Waals surface area contributed by atoms with Crippen LogP contribution >= 0.6 is 15.9 Å². The molecular weight excluding hydrogens is 412 g/mol. The predicted octanol–water partition coefficient (Wildman–Crippen LogP) is 1.41. The number of pyridine rings is 1. The van der Waals surface area contributed by atoms with Crippen LogP contribution in [0.3, 0.4) is 0 Å². The van der Waals surface area contributed by atoms with Crippen LogP contribution in [-0.4, -0.2) is 50.0 Å². The molecular formula is C14H13BrN6O5. The molecule has 11 nitrogen and oxygen atoms in total. The van der Waals surface area contributed by atoms with E-state index in [9.17, 15) is 14.9 Å². The molecule has 3 heterocycles. The molecule has 0 aromatic carbocycles. The van der Waals surface area contributed by atoms with E-state index in [2.05, 4.69) is 36.0 Å². The van der Waals surface area contributed by atoms with Crippen molar-refractivity contribution in [2.45, 2.75) is 0 Å². The second-order valence-corrected chi connectivity index (χ2v) is 5.92. The molecule has 0 saturated carbocycles. The second-order valence-electron chi connectivity index (χ2n) is 5.17. The number of nitrogens with zero attached hydrogens (tertiary/aromatic N) is 5. The normalized spacial score (nSPS) is 11.0. The number of nitrogens with one attached hydrogen (secondary N) is 1. The smallest absolute Gasteiger partial charge is 0.288 e. The SMILES string of the molecule is COCCOc1ncc([N+](=O)[O-])cc1-c1nc2c(Br)n(C)nc2c(=O)[nH]1. The Morgan fingerprint density at radius 2 is 2.15 bits per heavy atom. The third-order valence-corrected chi connectivity index (χ3v) is 4.34. The van der Waals surface area contributed by atoms with Crippen molar-refractivity contribution in [3.8, 4) is 17.3 Å². The Labute approximate surface area is 154 Å². The molecule has 3 rings (SSSR count). The van der Waals surface area contributed by atoms with Crippen molar-refractivity contribution in [1.29, 1.82) is 0 Å². The molecule has 12 heteroatoms. The first-order chi connectivity index (χ1) is 12.4. The van der Waals surface area contributed by atoms with Crippen LogP contribution in [-0.2, 0) is 11.8 Å². The summed E-state index contributed by atoms with van der Waals surface area (Å²) in [4.78, 5) is 33.7. The molecule has 136 valence electrons. The van der Waals surface area contributed by atoms with Crippen LogP contribution in [0.1, 0.15) is 0 Å². The molecule has 3 aromatic rings. The van der Waals surface area contributed by atoms with E-state index in [1.54, 1.807) is 7.05 Å². The Morgan fingerprint density at radius 3 is 2.85 bits per heavy atom. The molecule has 3 aromatic heterocycles. The van der Waals surface area contributed by atoms with Gasteiger partial charge in [-0.3, -0.25) is 19.6 Å². The van der Waals surface area contributed by atoms with Crippen LogP contribution in [0, 0.1) is 10.1 Å². The molecule has 0 spiro atoms. The van der Waals surface area contributed by atoms with Gasteiger partial charge in [-0.1, -0.05) is 0 Å². The Bertz CT molecular complexity index is 1050. The van der Waals surface area contributed by atoms with Crippen molar-refractivity contribution in [2.24, 2.45) is 7.05 Å². The van der Waals surface area contributed by atoms with Crippen LogP contribution in [0.2, 0.25) is 0 Å². The number of rotatable bonds is 6. The first kappa shape index (κ1) is 17.9. The maximum atomic E-state index is 12.3. The summed E-state index contributed by atoms with van der Waals surface area (Å²) >= 11 is 3.31. The minimum atomic E-state index is -0.591. The van der Waals surface area contributed by atoms with Gasteiger partial charge in [0.2, 0.25) is 5.88 Å². The van der Waals surface area contributed by atoms with Crippen LogP contribution in [0.15, 0.2) is 21.7 Å². The van der Waals surface area contributed by atoms with Gasteiger partial charge in [-0.2, -0.15) is 5.10 Å². The summed E-state index contributed by atoms with van der Waals surface area (Å²) < 4.78 is 12.4. The van der Waals surface area contributed by atoms with Gasteiger partial charge in [0.25, 0.3) is 11.2 Å². The fraction of sp³-hybridized carbons (Fsp3) is 0.286. The zero-order chi connectivity index (χ0) is 18.8. The molecule has 0 aliphatic heterocycles. The molecule has 26 heavy (non-hydrogen) atoms. The van der Waals surface area contributed by atoms with Crippen LogP contribution < -0.4 is 10.3 Å². The number of hydrogen-bond donors (Lipinski definition) is 1. The molecule has 0 bridgehead atoms. The van der Waals surface area contributed by atoms with E-state index in [0.717, 1.165) is 6.20 Å². The summed E-state index contributed by atoms with van der Waals surface area (Å²) in [6.45, 7) is 0.479. The third kappa shape index (κ3) is 3.28. The number of halogens is 1. The summed E-state index contributed by atoms with van der Waals surface area (Å²) in [7, 11) is 3.17. The van der Waals surface area contributed by atoms with E-state index in [1.807, 2.05) is 0 Å². The zero-order valence-corrected chi connectivity index (χ0v) is 15.3. The minimum absolute atomic E-state index is 0.0832. The molecule has 0 atom stereocenters. The standard InChI is InChI=1S/C14H13BrN6O5/c1-20-11(15)9-10(19-20)13(22)18-12(17-9)8-5-7(21(23)24)6-16-14(8)26-4-3-25-2/h5-6H,3-4H2,1-2H3,(H,17,18,22). The number of methoxy groups -OCH3 is 1. The van der Waals surface area contributed by atoms with E-state index in [1.165, 1.54) is 17.9 Å². The fourth-order valence-corrected chi connectivity index (χ4v) is 2.58. The van der Waals surface area contributed by atoms with Crippen LogP contribution in [0.25, 0.3) is 22.4 Å². The largest absolute Gasteiger partial charge is 0.475 e. The van der Waals surface area contributed by atoms with Gasteiger partial charge in [-0.05, 0) is 15.9 Å². The number of H-pyrrole nitrogens is 1. The quantitative estimate of drug-likeness (QED) is 0.356. The molecule has 0 aliphatic rings. The van der Waals surface area contributed by atoms with Gasteiger partial charge in [0.05, 0.1) is 17.1 Å². The summed E-state index contributed by atoms with van der Waals surface area (Å²) in [6.07, 6.45) is 1.07. The summed E-state index contributed by atoms with van der Waals surface area (Å²) in [5.41, 5.74) is -0.0956. The van der Waals surface area contributed by atoms with E-state index in [0.29, 0.717) is 16.7 Å². The highest BCUT2D eigenvalue weighted by Gasteiger charge is 2.20. The lowest BCUT2D eigenvalue weighted by Crippen LogP contribution is -2.12. The third-order valence-electron chi connectivity index (χ3n) is 3.45. The number of ether oxygens (including phenoxy) is 2. The summed E-state index contributed by atoms with van der Waals surface area (Å²) in [5.74, 6) is 0.176. The zero-order valence-electron chi connectivity index (χ0n) is 13.7. The summed E-state index contributed by atoms with van der Waals surface area (Å²) in [5, 5.41) is 15.2. The molecule has 0 saturated heterocycles. The van der Waals surface area contributed by atoms with Crippen LogP contribution in [0.4, 0.5) is 5.69 Å². The van der Waals surface area contributed by atoms with Crippen molar-refractivity contribution in [3.05, 3.63) is 37.3 Å². The van der Waals surface area contributed by atoms with Gasteiger partial charge in [-0.15, -0.1) is 0 Å². The molecule has 0 unspecified atom stereocenters. The monoisotopic (exact) mass is 424 g/mol. The number of nitro groups is 1. The maximum absolute atomic E-state index is 12.3. The number of aromatic amines is 1. The van der Waals surface area contributed by atoms with E-state index in [4.69, 9.17) is 9.47 Å². The Balaban J connectivity index is 2.18. The molecule has 0 aliphatic carbocycles. The molecule has 0 amide bonds. The van der Waals surface area contributed by atoms with Gasteiger partial charge in [0.15, 0.2) is 5.52 Å². The highest BCUT2D eigenvalue weighted by Crippen LogP contribution is 2.30. The number of aromatic nitrogens is 5. The van der Waals surface area contributed by atoms with Crippen molar-refractivity contribution in [3.63, 3.8) is 0 Å². The van der Waals surface area contributed by atoms with Crippen molar-refractivity contribution in [2.75, 3.05) is 20.3 Å². The van der Waals surface area contributed by atoms with Gasteiger partial charge in [0.1, 0.15) is 28.7 Å². The lowest BCUT2D eigenvalue weighted by atomic mass is 10.2. The lowest BCUT2D eigenvalue weighted by molar-refractivity contribution is -0.385. The first-order valence-corrected chi connectivity index (χ1v) is 8.10. The summed E-state index contributed by atoms with van der Waals surface area (Å²) in [6, 6.07) is 1.24. The van der Waals surface area contributed by atoms with E-state index >= 15 is 0 Å². The van der Waals surface area contributed by atoms with Crippen molar-refractivity contribution >= 4 is 32.7 Å². The van der Waals surface area contributed by atoms with E-state index < -0.39 is 10.5 Å². The number of fused-ring (bicyclic) bond motifs is 1. The Morgan fingerprint density at radius 1 is 1.38 bits per heavy atom. The highest BCUT2D eigenvalue weighted by atomic mass is 79.9. The van der Waals surface area contributed by atoms with Crippen molar-refractivity contribution < 1.29 is 14.4 Å². The molecule has 0 radical (unpaired) electrons. The Kier molecular flexibility index (Phi) is 4.95. The average Bonchev–Trinajstić information content (AvgIpc) is 2.91. The Hall–Kier alpha value is -2.86. The van der Waals surface area contributed by atoms with Gasteiger partial charge >= 0.3 is 0 Å². The van der Waals surface area contributed by atoms with Crippen molar-refractivity contribution in [1.82, 2.24) is 24.7 Å². The maximum Gasteiger partial charge on any atom is 0.288 e. The van der Waals surface area contributed by atoms with Gasteiger partial charge in [-0.25, -0.2) is 9.97 Å². The second kappa shape index (κ2) is 7.17. The lowest BCUT2D eigenvalue weighted by Gasteiger charge is -2.09. The number of aryl methyl sites for hydroxylation is 1. The topological polar surface area (TPSA) is 138 Å².